The van der Waals surface area contributed by atoms with Crippen LogP contribution in [-0.4, -0.2) is 53.8 Å². The Morgan fingerprint density at radius 2 is 1.69 bits per heavy atom. The molecule has 0 bridgehead atoms. The highest BCUT2D eigenvalue weighted by molar-refractivity contribution is 5.84. The molecule has 1 heterocycles. The van der Waals surface area contributed by atoms with E-state index in [2.05, 4.69) is 30.6 Å². The molecule has 0 atom stereocenters. The van der Waals surface area contributed by atoms with E-state index in [1.807, 2.05) is 0 Å². The Morgan fingerprint density at radius 1 is 1.12 bits per heavy atom. The molecule has 0 N–H and O–H groups in total. The van der Waals surface area contributed by atoms with Crippen molar-refractivity contribution < 1.29 is 4.79 Å². The molecule has 0 amide bonds. The SMILES string of the molecule is CC(C)(C)N1CCN(CC(=O)C2CC2)CC1. The maximum Gasteiger partial charge on any atom is 0.149 e. The standard InChI is InChI=1S/C13H24N2O/c1-13(2,3)15-8-6-14(7-9-15)10-12(16)11-4-5-11/h11H,4-10H2,1-3H3. The van der Waals surface area contributed by atoms with Crippen LogP contribution in [-0.2, 0) is 4.79 Å². The van der Waals surface area contributed by atoms with Crippen molar-refractivity contribution >= 4 is 5.78 Å². The van der Waals surface area contributed by atoms with Crippen LogP contribution in [0.15, 0.2) is 0 Å². The molecule has 3 nitrogen and oxygen atoms in total. The fraction of sp³-hybridized carbons (Fsp3) is 0.923. The average Bonchev–Trinajstić information content (AvgIpc) is 3.00. The Kier molecular flexibility index (Phi) is 3.36. The third-order valence-electron chi connectivity index (χ3n) is 3.73. The molecule has 92 valence electrons. The summed E-state index contributed by atoms with van der Waals surface area (Å²) < 4.78 is 0. The fourth-order valence-electron chi connectivity index (χ4n) is 2.33. The molecule has 1 saturated carbocycles. The summed E-state index contributed by atoms with van der Waals surface area (Å²) in [5.41, 5.74) is 0.270. The minimum absolute atomic E-state index is 0.270. The summed E-state index contributed by atoms with van der Waals surface area (Å²) in [6, 6.07) is 0. The second-order valence-electron chi connectivity index (χ2n) is 6.17. The van der Waals surface area contributed by atoms with Gasteiger partial charge in [0.2, 0.25) is 0 Å². The Labute approximate surface area is 98.8 Å². The molecular weight excluding hydrogens is 200 g/mol. The third kappa shape index (κ3) is 3.05. The van der Waals surface area contributed by atoms with Gasteiger partial charge in [0.25, 0.3) is 0 Å². The molecule has 1 aliphatic carbocycles. The lowest BCUT2D eigenvalue weighted by atomic mass is 10.0. The van der Waals surface area contributed by atoms with Crippen molar-refractivity contribution in [1.29, 1.82) is 0 Å². The Hall–Kier alpha value is -0.410. The maximum absolute atomic E-state index is 11.7. The van der Waals surface area contributed by atoms with E-state index in [9.17, 15) is 4.79 Å². The van der Waals surface area contributed by atoms with Gasteiger partial charge in [-0.25, -0.2) is 0 Å². The van der Waals surface area contributed by atoms with E-state index in [1.165, 1.54) is 0 Å². The van der Waals surface area contributed by atoms with Crippen LogP contribution >= 0.6 is 0 Å². The van der Waals surface area contributed by atoms with E-state index in [4.69, 9.17) is 0 Å². The van der Waals surface area contributed by atoms with E-state index in [0.717, 1.165) is 39.0 Å². The highest BCUT2D eigenvalue weighted by atomic mass is 16.1. The van der Waals surface area contributed by atoms with E-state index in [1.54, 1.807) is 0 Å². The molecule has 2 aliphatic rings. The fourth-order valence-corrected chi connectivity index (χ4v) is 2.33. The van der Waals surface area contributed by atoms with Crippen LogP contribution in [0.25, 0.3) is 0 Å². The number of hydrogen-bond donors (Lipinski definition) is 0. The first-order valence-electron chi connectivity index (χ1n) is 6.47. The largest absolute Gasteiger partial charge is 0.298 e. The molecule has 3 heteroatoms. The number of carbonyl (C=O) groups is 1. The van der Waals surface area contributed by atoms with Gasteiger partial charge in [-0.1, -0.05) is 0 Å². The van der Waals surface area contributed by atoms with Crippen LogP contribution in [0.2, 0.25) is 0 Å². The van der Waals surface area contributed by atoms with Gasteiger partial charge in [-0.05, 0) is 33.6 Å². The molecule has 0 aromatic carbocycles. The number of rotatable bonds is 3. The average molecular weight is 224 g/mol. The van der Waals surface area contributed by atoms with Gasteiger partial charge in [0.1, 0.15) is 5.78 Å². The Morgan fingerprint density at radius 3 is 2.12 bits per heavy atom. The number of hydrogen-bond acceptors (Lipinski definition) is 3. The van der Waals surface area contributed by atoms with E-state index < -0.39 is 0 Å². The summed E-state index contributed by atoms with van der Waals surface area (Å²) >= 11 is 0. The number of ketones is 1. The Balaban J connectivity index is 1.74. The summed E-state index contributed by atoms with van der Waals surface area (Å²) in [4.78, 5) is 16.5. The molecule has 16 heavy (non-hydrogen) atoms. The number of carbonyl (C=O) groups excluding carboxylic acids is 1. The van der Waals surface area contributed by atoms with Crippen molar-refractivity contribution in [3.05, 3.63) is 0 Å². The zero-order chi connectivity index (χ0) is 11.8. The van der Waals surface area contributed by atoms with Crippen LogP contribution in [0.3, 0.4) is 0 Å². The van der Waals surface area contributed by atoms with E-state index >= 15 is 0 Å². The molecule has 0 radical (unpaired) electrons. The van der Waals surface area contributed by atoms with Gasteiger partial charge in [0, 0.05) is 37.6 Å². The first-order valence-corrected chi connectivity index (χ1v) is 6.47. The monoisotopic (exact) mass is 224 g/mol. The molecule has 1 aliphatic heterocycles. The van der Waals surface area contributed by atoms with Crippen LogP contribution in [0, 0.1) is 5.92 Å². The number of Topliss-reactive ketones (excluding diaryl/α,β-unsaturated/α-hetero) is 1. The van der Waals surface area contributed by atoms with Gasteiger partial charge >= 0.3 is 0 Å². The minimum atomic E-state index is 0.270. The highest BCUT2D eigenvalue weighted by Gasteiger charge is 2.32. The minimum Gasteiger partial charge on any atom is -0.298 e. The topological polar surface area (TPSA) is 23.6 Å². The van der Waals surface area contributed by atoms with E-state index in [-0.39, 0.29) is 5.54 Å². The molecule has 0 aromatic rings. The Bertz CT molecular complexity index is 258. The summed E-state index contributed by atoms with van der Waals surface area (Å²) in [6.07, 6.45) is 2.28. The van der Waals surface area contributed by atoms with Crippen LogP contribution < -0.4 is 0 Å². The van der Waals surface area contributed by atoms with Gasteiger partial charge in [0.15, 0.2) is 0 Å². The van der Waals surface area contributed by atoms with Crippen molar-refractivity contribution in [3.8, 4) is 0 Å². The number of nitrogens with zero attached hydrogens (tertiary/aromatic N) is 2. The molecule has 0 unspecified atom stereocenters. The zero-order valence-corrected chi connectivity index (χ0v) is 10.8. The first kappa shape index (κ1) is 12.1. The second-order valence-corrected chi connectivity index (χ2v) is 6.17. The summed E-state index contributed by atoms with van der Waals surface area (Å²) in [6.45, 7) is 11.8. The van der Waals surface area contributed by atoms with E-state index in [0.29, 0.717) is 18.2 Å². The predicted octanol–water partition coefficient (Wildman–Crippen LogP) is 1.38. The van der Waals surface area contributed by atoms with Gasteiger partial charge in [0.05, 0.1) is 6.54 Å². The van der Waals surface area contributed by atoms with Crippen molar-refractivity contribution in [1.82, 2.24) is 9.80 Å². The lowest BCUT2D eigenvalue weighted by Crippen LogP contribution is -2.54. The molecule has 0 aromatic heterocycles. The highest BCUT2D eigenvalue weighted by Crippen LogP contribution is 2.30. The first-order chi connectivity index (χ1) is 7.47. The second kappa shape index (κ2) is 4.46. The van der Waals surface area contributed by atoms with Crippen molar-refractivity contribution in [3.63, 3.8) is 0 Å². The lowest BCUT2D eigenvalue weighted by molar-refractivity contribution is -0.121. The number of piperazine rings is 1. The maximum atomic E-state index is 11.7. The van der Waals surface area contributed by atoms with Crippen molar-refractivity contribution in [2.24, 2.45) is 5.92 Å². The van der Waals surface area contributed by atoms with Crippen LogP contribution in [0.4, 0.5) is 0 Å². The van der Waals surface area contributed by atoms with Crippen LogP contribution in [0.1, 0.15) is 33.6 Å². The normalized spacial score (nSPS) is 24.7. The summed E-state index contributed by atoms with van der Waals surface area (Å²) in [5.74, 6) is 0.893. The predicted molar refractivity (Wildman–Crippen MR) is 65.5 cm³/mol. The van der Waals surface area contributed by atoms with Crippen LogP contribution in [0.5, 0.6) is 0 Å². The molecule has 2 fully saturated rings. The van der Waals surface area contributed by atoms with Gasteiger partial charge in [-0.2, -0.15) is 0 Å². The summed E-state index contributed by atoms with van der Waals surface area (Å²) in [5, 5.41) is 0. The van der Waals surface area contributed by atoms with Gasteiger partial charge in [-0.3, -0.25) is 14.6 Å². The smallest absolute Gasteiger partial charge is 0.149 e. The van der Waals surface area contributed by atoms with Gasteiger partial charge < -0.3 is 0 Å². The lowest BCUT2D eigenvalue weighted by Gasteiger charge is -2.42. The molecular formula is C13H24N2O. The van der Waals surface area contributed by atoms with Gasteiger partial charge in [-0.15, -0.1) is 0 Å². The zero-order valence-electron chi connectivity index (χ0n) is 10.8. The summed E-state index contributed by atoms with van der Waals surface area (Å²) in [7, 11) is 0. The van der Waals surface area contributed by atoms with Crippen molar-refractivity contribution in [2.75, 3.05) is 32.7 Å². The molecule has 1 saturated heterocycles. The molecule has 0 spiro atoms. The third-order valence-corrected chi connectivity index (χ3v) is 3.73. The quantitative estimate of drug-likeness (QED) is 0.723. The van der Waals surface area contributed by atoms with Crippen molar-refractivity contribution in [2.45, 2.75) is 39.2 Å². The molecule has 2 rings (SSSR count).